The Morgan fingerprint density at radius 2 is 1.58 bits per heavy atom. The number of hydrogen-bond donors (Lipinski definition) is 1. The predicted molar refractivity (Wildman–Crippen MR) is 124 cm³/mol. The highest BCUT2D eigenvalue weighted by Crippen LogP contribution is 2.34. The second-order valence-corrected chi connectivity index (χ2v) is 9.13. The van der Waals surface area contributed by atoms with Crippen LogP contribution in [0, 0.1) is 0 Å². The van der Waals surface area contributed by atoms with E-state index in [2.05, 4.69) is 5.32 Å². The number of ether oxygens (including phenoxy) is 4. The van der Waals surface area contributed by atoms with Gasteiger partial charge in [-0.2, -0.15) is 0 Å². The topological polar surface area (TPSA) is 120 Å². The molecule has 0 radical (unpaired) electrons. The van der Waals surface area contributed by atoms with E-state index in [1.54, 1.807) is 24.3 Å². The molecule has 0 aliphatic rings. The van der Waals surface area contributed by atoms with Gasteiger partial charge in [0.05, 0.1) is 50.6 Å². The molecule has 180 valence electrons. The Labute approximate surface area is 193 Å². The Morgan fingerprint density at radius 1 is 1.00 bits per heavy atom. The second kappa shape index (κ2) is 10.9. The molecular formula is C22H28N2O8S. The average molecular weight is 481 g/mol. The fourth-order valence-corrected chi connectivity index (χ4v) is 3.80. The van der Waals surface area contributed by atoms with Crippen LogP contribution in [0.2, 0.25) is 0 Å². The van der Waals surface area contributed by atoms with Gasteiger partial charge < -0.3 is 24.3 Å². The van der Waals surface area contributed by atoms with E-state index in [9.17, 15) is 18.0 Å². The number of esters is 1. The van der Waals surface area contributed by atoms with E-state index in [4.69, 9.17) is 18.9 Å². The minimum absolute atomic E-state index is 0.0181. The Kier molecular flexibility index (Phi) is 8.52. The monoisotopic (exact) mass is 480 g/mol. The lowest BCUT2D eigenvalue weighted by molar-refractivity contribution is -0.114. The Balaban J connectivity index is 2.33. The van der Waals surface area contributed by atoms with Crippen LogP contribution in [-0.4, -0.2) is 60.5 Å². The zero-order valence-electron chi connectivity index (χ0n) is 19.4. The molecule has 0 aromatic heterocycles. The van der Waals surface area contributed by atoms with Crippen LogP contribution in [0.15, 0.2) is 36.4 Å². The van der Waals surface area contributed by atoms with Gasteiger partial charge in [0.1, 0.15) is 12.3 Å². The molecule has 0 saturated heterocycles. The van der Waals surface area contributed by atoms with Crippen molar-refractivity contribution in [2.45, 2.75) is 20.0 Å². The Hall–Kier alpha value is -3.47. The van der Waals surface area contributed by atoms with Gasteiger partial charge in [-0.3, -0.25) is 9.10 Å². The summed E-state index contributed by atoms with van der Waals surface area (Å²) in [4.78, 5) is 25.0. The minimum Gasteiger partial charge on any atom is -0.493 e. The smallest absolute Gasteiger partial charge is 0.340 e. The fourth-order valence-electron chi connectivity index (χ4n) is 2.94. The molecule has 0 spiro atoms. The zero-order valence-corrected chi connectivity index (χ0v) is 20.2. The first-order chi connectivity index (χ1) is 15.5. The van der Waals surface area contributed by atoms with Crippen LogP contribution in [-0.2, 0) is 19.6 Å². The molecule has 0 fully saturated rings. The molecule has 0 heterocycles. The molecule has 0 aliphatic heterocycles. The highest BCUT2D eigenvalue weighted by molar-refractivity contribution is 7.92. The summed E-state index contributed by atoms with van der Waals surface area (Å²) in [6.45, 7) is 3.22. The molecule has 2 aromatic carbocycles. The van der Waals surface area contributed by atoms with Gasteiger partial charge in [0.15, 0.2) is 11.5 Å². The lowest BCUT2D eigenvalue weighted by Crippen LogP contribution is -2.37. The van der Waals surface area contributed by atoms with E-state index >= 15 is 0 Å². The van der Waals surface area contributed by atoms with E-state index in [-0.39, 0.29) is 34.5 Å². The van der Waals surface area contributed by atoms with Crippen molar-refractivity contribution in [1.29, 1.82) is 0 Å². The third-order valence-corrected chi connectivity index (χ3v) is 5.53. The average Bonchev–Trinajstić information content (AvgIpc) is 2.76. The van der Waals surface area contributed by atoms with Crippen molar-refractivity contribution in [3.8, 4) is 17.2 Å². The molecule has 1 N–H and O–H groups in total. The number of sulfonamides is 1. The molecule has 0 unspecified atom stereocenters. The van der Waals surface area contributed by atoms with Crippen molar-refractivity contribution in [3.05, 3.63) is 42.0 Å². The van der Waals surface area contributed by atoms with E-state index in [0.717, 1.165) is 10.6 Å². The highest BCUT2D eigenvalue weighted by atomic mass is 32.2. The van der Waals surface area contributed by atoms with Gasteiger partial charge in [-0.1, -0.05) is 0 Å². The number of benzene rings is 2. The molecule has 0 bridgehead atoms. The fraction of sp³-hybridized carbons (Fsp3) is 0.364. The lowest BCUT2D eigenvalue weighted by atomic mass is 10.1. The quantitative estimate of drug-likeness (QED) is 0.516. The number of hydrogen-bond acceptors (Lipinski definition) is 8. The van der Waals surface area contributed by atoms with Crippen LogP contribution >= 0.6 is 0 Å². The SMILES string of the molecule is COC(=O)c1cc(OC)c(OC)cc1NC(=O)CN(c1ccc(OC(C)C)cc1)S(C)(=O)=O. The number of carbonyl (C=O) groups excluding carboxylic acids is 2. The van der Waals surface area contributed by atoms with Crippen molar-refractivity contribution in [2.24, 2.45) is 0 Å². The van der Waals surface area contributed by atoms with Crippen LogP contribution in [0.1, 0.15) is 24.2 Å². The maximum Gasteiger partial charge on any atom is 0.340 e. The predicted octanol–water partition coefficient (Wildman–Crippen LogP) is 2.68. The number of methoxy groups -OCH3 is 3. The third kappa shape index (κ3) is 6.75. The van der Waals surface area contributed by atoms with Crippen LogP contribution < -0.4 is 23.8 Å². The summed E-state index contributed by atoms with van der Waals surface area (Å²) in [5.41, 5.74) is 0.382. The Morgan fingerprint density at radius 3 is 2.06 bits per heavy atom. The van der Waals surface area contributed by atoms with E-state index in [1.807, 2.05) is 13.8 Å². The molecule has 0 atom stereocenters. The third-order valence-electron chi connectivity index (χ3n) is 4.39. The van der Waals surface area contributed by atoms with Crippen LogP contribution in [0.3, 0.4) is 0 Å². The van der Waals surface area contributed by atoms with Gasteiger partial charge >= 0.3 is 5.97 Å². The normalized spacial score (nSPS) is 11.0. The maximum absolute atomic E-state index is 12.8. The first kappa shape index (κ1) is 25.8. The number of rotatable bonds is 10. The van der Waals surface area contributed by atoms with Crippen LogP contribution in [0.25, 0.3) is 0 Å². The van der Waals surface area contributed by atoms with Crippen molar-refractivity contribution in [3.63, 3.8) is 0 Å². The molecule has 10 nitrogen and oxygen atoms in total. The summed E-state index contributed by atoms with van der Waals surface area (Å²) in [6, 6.07) is 9.09. The summed E-state index contributed by atoms with van der Waals surface area (Å²) in [5, 5.41) is 2.56. The van der Waals surface area contributed by atoms with Gasteiger partial charge in [0.25, 0.3) is 0 Å². The van der Waals surface area contributed by atoms with Crippen molar-refractivity contribution >= 4 is 33.3 Å². The molecular weight excluding hydrogens is 452 g/mol. The van der Waals surface area contributed by atoms with Gasteiger partial charge in [-0.15, -0.1) is 0 Å². The van der Waals surface area contributed by atoms with Gasteiger partial charge in [0.2, 0.25) is 15.9 Å². The summed E-state index contributed by atoms with van der Waals surface area (Å²) in [7, 11) is 0.200. The summed E-state index contributed by atoms with van der Waals surface area (Å²) >= 11 is 0. The maximum atomic E-state index is 12.8. The molecule has 0 aliphatic carbocycles. The van der Waals surface area contributed by atoms with Crippen LogP contribution in [0.5, 0.6) is 17.2 Å². The summed E-state index contributed by atoms with van der Waals surface area (Å²) < 4.78 is 46.5. The zero-order chi connectivity index (χ0) is 24.8. The summed E-state index contributed by atoms with van der Waals surface area (Å²) in [6.07, 6.45) is 0.952. The van der Waals surface area contributed by atoms with Crippen molar-refractivity contribution in [2.75, 3.05) is 43.8 Å². The van der Waals surface area contributed by atoms with E-state index < -0.39 is 28.4 Å². The van der Waals surface area contributed by atoms with E-state index in [0.29, 0.717) is 5.75 Å². The first-order valence-electron chi connectivity index (χ1n) is 9.88. The number of amides is 1. The molecule has 2 aromatic rings. The number of anilines is 2. The van der Waals surface area contributed by atoms with E-state index in [1.165, 1.54) is 33.5 Å². The Bertz CT molecular complexity index is 1100. The number of carbonyl (C=O) groups is 2. The second-order valence-electron chi connectivity index (χ2n) is 7.22. The van der Waals surface area contributed by atoms with Crippen molar-refractivity contribution < 1.29 is 37.0 Å². The van der Waals surface area contributed by atoms with Gasteiger partial charge in [0, 0.05) is 12.1 Å². The largest absolute Gasteiger partial charge is 0.493 e. The molecule has 0 saturated carbocycles. The van der Waals surface area contributed by atoms with Crippen LogP contribution in [0.4, 0.5) is 11.4 Å². The highest BCUT2D eigenvalue weighted by Gasteiger charge is 2.24. The van der Waals surface area contributed by atoms with Gasteiger partial charge in [-0.25, -0.2) is 13.2 Å². The summed E-state index contributed by atoms with van der Waals surface area (Å²) in [5.74, 6) is -0.300. The minimum atomic E-state index is -3.80. The molecule has 1 amide bonds. The molecule has 11 heteroatoms. The molecule has 33 heavy (non-hydrogen) atoms. The standard InChI is InChI=1S/C22H28N2O8S/c1-14(2)32-16-9-7-15(8-10-16)24(33(6,27)28)13-21(25)23-18-12-20(30-4)19(29-3)11-17(18)22(26)31-5/h7-12,14H,13H2,1-6H3,(H,23,25). The van der Waals surface area contributed by atoms with Gasteiger partial charge in [-0.05, 0) is 38.1 Å². The molecule has 2 rings (SSSR count). The first-order valence-corrected chi connectivity index (χ1v) is 11.7. The number of nitrogens with one attached hydrogen (secondary N) is 1. The number of nitrogens with zero attached hydrogens (tertiary/aromatic N) is 1. The lowest BCUT2D eigenvalue weighted by Gasteiger charge is -2.23. The van der Waals surface area contributed by atoms with Crippen molar-refractivity contribution in [1.82, 2.24) is 0 Å².